The average molecular weight is 616 g/mol. The van der Waals surface area contributed by atoms with E-state index in [4.69, 9.17) is 4.74 Å². The molecule has 0 saturated carbocycles. The van der Waals surface area contributed by atoms with Crippen LogP contribution in [0, 0.1) is 6.92 Å². The summed E-state index contributed by atoms with van der Waals surface area (Å²) in [7, 11) is 1.77. The Morgan fingerprint density at radius 1 is 0.978 bits per heavy atom. The maximum atomic E-state index is 13.7. The SMILES string of the molecule is Cc1ccc(-c2ncccn2)cc1N(CC(=O)NCCN(C(=O)OC(C)(C)C)C(C)C)CC(=O)N(C)N1Cc2ccccc2C1. The van der Waals surface area contributed by atoms with Crippen LogP contribution >= 0.6 is 0 Å². The topological polar surface area (TPSA) is 111 Å². The van der Waals surface area contributed by atoms with Crippen molar-refractivity contribution >= 4 is 23.6 Å². The molecule has 2 aromatic carbocycles. The van der Waals surface area contributed by atoms with Gasteiger partial charge < -0.3 is 19.9 Å². The molecule has 1 aliphatic heterocycles. The van der Waals surface area contributed by atoms with Gasteiger partial charge in [-0.05, 0) is 70.4 Å². The number of rotatable bonds is 11. The van der Waals surface area contributed by atoms with Gasteiger partial charge in [0.05, 0.1) is 13.1 Å². The Bertz CT molecular complexity index is 1460. The zero-order valence-corrected chi connectivity index (χ0v) is 27.4. The van der Waals surface area contributed by atoms with Gasteiger partial charge in [-0.3, -0.25) is 14.6 Å². The normalized spacial score (nSPS) is 12.9. The van der Waals surface area contributed by atoms with E-state index in [1.54, 1.807) is 40.3 Å². The van der Waals surface area contributed by atoms with Crippen molar-refractivity contribution in [3.05, 3.63) is 77.6 Å². The molecule has 1 N–H and O–H groups in total. The molecule has 0 saturated heterocycles. The highest BCUT2D eigenvalue weighted by molar-refractivity contribution is 5.87. The van der Waals surface area contributed by atoms with Crippen molar-refractivity contribution in [1.29, 1.82) is 0 Å². The van der Waals surface area contributed by atoms with E-state index in [0.29, 0.717) is 18.9 Å². The number of hydrogen-bond donors (Lipinski definition) is 1. The molecule has 0 bridgehead atoms. The highest BCUT2D eigenvalue weighted by Crippen LogP contribution is 2.27. The molecular formula is C34H45N7O4. The number of hydrogen-bond acceptors (Lipinski definition) is 8. The van der Waals surface area contributed by atoms with E-state index < -0.39 is 11.7 Å². The molecule has 0 fully saturated rings. The van der Waals surface area contributed by atoms with E-state index in [1.807, 2.05) is 76.9 Å². The van der Waals surface area contributed by atoms with E-state index in [9.17, 15) is 14.4 Å². The maximum Gasteiger partial charge on any atom is 0.410 e. The minimum atomic E-state index is -0.622. The van der Waals surface area contributed by atoms with E-state index >= 15 is 0 Å². The number of carbonyl (C=O) groups excluding carboxylic acids is 3. The molecular weight excluding hydrogens is 570 g/mol. The lowest BCUT2D eigenvalue weighted by molar-refractivity contribution is -0.145. The molecule has 4 rings (SSSR count). The summed E-state index contributed by atoms with van der Waals surface area (Å²) in [6, 6.07) is 15.6. The lowest BCUT2D eigenvalue weighted by Gasteiger charge is -2.32. The summed E-state index contributed by atoms with van der Waals surface area (Å²) in [5.41, 5.74) is 4.19. The Morgan fingerprint density at radius 3 is 2.22 bits per heavy atom. The summed E-state index contributed by atoms with van der Waals surface area (Å²) < 4.78 is 5.54. The van der Waals surface area contributed by atoms with Crippen LogP contribution in [0.5, 0.6) is 0 Å². The van der Waals surface area contributed by atoms with E-state index in [0.717, 1.165) is 16.8 Å². The largest absolute Gasteiger partial charge is 0.444 e. The van der Waals surface area contributed by atoms with Crippen molar-refractivity contribution in [2.45, 2.75) is 66.3 Å². The second kappa shape index (κ2) is 14.5. The molecule has 0 aliphatic carbocycles. The Kier molecular flexibility index (Phi) is 10.8. The van der Waals surface area contributed by atoms with Gasteiger partial charge in [-0.1, -0.05) is 36.4 Å². The molecule has 0 unspecified atom stereocenters. The number of benzene rings is 2. The molecule has 11 nitrogen and oxygen atoms in total. The van der Waals surface area contributed by atoms with Crippen LogP contribution < -0.4 is 10.2 Å². The van der Waals surface area contributed by atoms with E-state index in [2.05, 4.69) is 27.4 Å². The van der Waals surface area contributed by atoms with Crippen LogP contribution in [-0.4, -0.2) is 87.7 Å². The van der Waals surface area contributed by atoms with Crippen LogP contribution in [0.2, 0.25) is 0 Å². The summed E-state index contributed by atoms with van der Waals surface area (Å²) >= 11 is 0. The van der Waals surface area contributed by atoms with Gasteiger partial charge in [0.25, 0.3) is 5.91 Å². The first-order valence-electron chi connectivity index (χ1n) is 15.3. The first kappa shape index (κ1) is 33.4. The number of anilines is 1. The Morgan fingerprint density at radius 2 is 1.62 bits per heavy atom. The molecule has 11 heteroatoms. The lowest BCUT2D eigenvalue weighted by Crippen LogP contribution is -2.49. The fourth-order valence-corrected chi connectivity index (χ4v) is 5.14. The van der Waals surface area contributed by atoms with Crippen molar-refractivity contribution in [2.24, 2.45) is 0 Å². The molecule has 3 amide bonds. The van der Waals surface area contributed by atoms with E-state index in [1.165, 1.54) is 11.1 Å². The summed E-state index contributed by atoms with van der Waals surface area (Å²) in [5, 5.41) is 6.58. The van der Waals surface area contributed by atoms with Crippen LogP contribution in [-0.2, 0) is 27.4 Å². The lowest BCUT2D eigenvalue weighted by atomic mass is 10.1. The number of fused-ring (bicyclic) bond motifs is 1. The number of amides is 3. The molecule has 240 valence electrons. The van der Waals surface area contributed by atoms with Crippen molar-refractivity contribution < 1.29 is 19.1 Å². The van der Waals surface area contributed by atoms with Gasteiger partial charge in [0.15, 0.2) is 5.82 Å². The smallest absolute Gasteiger partial charge is 0.410 e. The van der Waals surface area contributed by atoms with E-state index in [-0.39, 0.29) is 44.0 Å². The number of aromatic nitrogens is 2. The average Bonchev–Trinajstić information content (AvgIpc) is 3.42. The van der Waals surface area contributed by atoms with Crippen LogP contribution in [0.1, 0.15) is 51.3 Å². The number of carbonyl (C=O) groups is 3. The van der Waals surface area contributed by atoms with Crippen LogP contribution in [0.4, 0.5) is 10.5 Å². The maximum absolute atomic E-state index is 13.7. The van der Waals surface area contributed by atoms with Gasteiger partial charge in [-0.25, -0.2) is 19.8 Å². The Balaban J connectivity index is 1.50. The molecule has 1 aromatic heterocycles. The van der Waals surface area contributed by atoms with Crippen LogP contribution in [0.3, 0.4) is 0 Å². The Labute approximate surface area is 266 Å². The van der Waals surface area contributed by atoms with Gasteiger partial charge in [0.2, 0.25) is 5.91 Å². The summed E-state index contributed by atoms with van der Waals surface area (Å²) in [6.07, 6.45) is 2.93. The van der Waals surface area contributed by atoms with Crippen molar-refractivity contribution in [1.82, 2.24) is 30.2 Å². The van der Waals surface area contributed by atoms with Gasteiger partial charge in [-0.15, -0.1) is 0 Å². The molecule has 1 aliphatic rings. The number of hydrazine groups is 1. The summed E-state index contributed by atoms with van der Waals surface area (Å²) in [6.45, 7) is 12.9. The third-order valence-corrected chi connectivity index (χ3v) is 7.57. The molecule has 2 heterocycles. The predicted molar refractivity (Wildman–Crippen MR) is 174 cm³/mol. The first-order valence-corrected chi connectivity index (χ1v) is 15.3. The van der Waals surface area contributed by atoms with Crippen molar-refractivity contribution in [3.8, 4) is 11.4 Å². The monoisotopic (exact) mass is 615 g/mol. The minimum absolute atomic E-state index is 0.0211. The zero-order chi connectivity index (χ0) is 32.7. The zero-order valence-electron chi connectivity index (χ0n) is 27.4. The highest BCUT2D eigenvalue weighted by Gasteiger charge is 2.28. The summed E-state index contributed by atoms with van der Waals surface area (Å²) in [5.74, 6) is 0.136. The fourth-order valence-electron chi connectivity index (χ4n) is 5.14. The number of aryl methyl sites for hydroxylation is 1. The first-order chi connectivity index (χ1) is 21.3. The number of likely N-dealkylation sites (N-methyl/N-ethyl adjacent to an activating group) is 1. The Hall–Kier alpha value is -4.51. The van der Waals surface area contributed by atoms with Gasteiger partial charge in [0.1, 0.15) is 5.60 Å². The summed E-state index contributed by atoms with van der Waals surface area (Å²) in [4.78, 5) is 51.9. The van der Waals surface area contributed by atoms with Crippen molar-refractivity contribution in [2.75, 3.05) is 38.1 Å². The number of nitrogens with one attached hydrogen (secondary N) is 1. The standard InChI is InChI=1S/C34H45N7O4/c1-24(2)41(33(44)45-34(4,5)6)18-17-35-30(42)22-39(29-19-26(14-13-25(29)3)32-36-15-10-16-37-32)23-31(43)38(7)40-20-27-11-8-9-12-28(27)21-40/h8-16,19,24H,17-18,20-23H2,1-7H3,(H,35,42). The van der Waals surface area contributed by atoms with Gasteiger partial charge >= 0.3 is 6.09 Å². The second-order valence-corrected chi connectivity index (χ2v) is 12.6. The molecule has 0 radical (unpaired) electrons. The van der Waals surface area contributed by atoms with Gasteiger partial charge in [0, 0.05) is 62.9 Å². The fraction of sp³-hybridized carbons (Fsp3) is 0.441. The number of ether oxygens (including phenoxy) is 1. The van der Waals surface area contributed by atoms with Crippen LogP contribution in [0.25, 0.3) is 11.4 Å². The van der Waals surface area contributed by atoms with Gasteiger partial charge in [-0.2, -0.15) is 0 Å². The molecule has 45 heavy (non-hydrogen) atoms. The minimum Gasteiger partial charge on any atom is -0.444 e. The van der Waals surface area contributed by atoms with Crippen LogP contribution in [0.15, 0.2) is 60.9 Å². The molecule has 3 aromatic rings. The molecule has 0 atom stereocenters. The predicted octanol–water partition coefficient (Wildman–Crippen LogP) is 4.41. The molecule has 0 spiro atoms. The quantitative estimate of drug-likeness (QED) is 0.338. The number of nitrogens with zero attached hydrogens (tertiary/aromatic N) is 6. The second-order valence-electron chi connectivity index (χ2n) is 12.6. The van der Waals surface area contributed by atoms with Crippen molar-refractivity contribution in [3.63, 3.8) is 0 Å². The highest BCUT2D eigenvalue weighted by atomic mass is 16.6. The third kappa shape index (κ3) is 9.01. The third-order valence-electron chi connectivity index (χ3n) is 7.57.